The lowest BCUT2D eigenvalue weighted by Crippen LogP contribution is -2.30. The summed E-state index contributed by atoms with van der Waals surface area (Å²) >= 11 is 0. The van der Waals surface area contributed by atoms with Gasteiger partial charge in [-0.3, -0.25) is 4.79 Å². The van der Waals surface area contributed by atoms with E-state index in [0.717, 1.165) is 12.1 Å². The number of carbonyl (C=O) groups excluding carboxylic acids is 1. The summed E-state index contributed by atoms with van der Waals surface area (Å²) in [5, 5.41) is 0. The van der Waals surface area contributed by atoms with Crippen molar-refractivity contribution < 1.29 is 4.79 Å². The largest absolute Gasteiger partial charge is 0.315 e. The van der Waals surface area contributed by atoms with E-state index in [4.69, 9.17) is 0 Å². The molecule has 0 N–H and O–H groups in total. The fourth-order valence-corrected chi connectivity index (χ4v) is 1.57. The lowest BCUT2D eigenvalue weighted by atomic mass is 9.86. The van der Waals surface area contributed by atoms with Gasteiger partial charge < -0.3 is 4.90 Å². The number of benzene rings is 1. The van der Waals surface area contributed by atoms with E-state index in [-0.39, 0.29) is 11.3 Å². The van der Waals surface area contributed by atoms with Gasteiger partial charge in [-0.15, -0.1) is 0 Å². The number of anilines is 1. The molecule has 0 saturated heterocycles. The standard InChI is InChI=1S/C15H23NO.C2H6/c1-6-15(3,4)11-14(17)16(5)13-9-7-12(2)8-10-13;1-2/h7-10H,6,11H2,1-5H3;1-2H3. The van der Waals surface area contributed by atoms with Crippen molar-refractivity contribution in [2.75, 3.05) is 11.9 Å². The second-order valence-corrected chi connectivity index (χ2v) is 5.48. The first-order valence-corrected chi connectivity index (χ1v) is 7.19. The highest BCUT2D eigenvalue weighted by Crippen LogP contribution is 2.26. The molecule has 0 saturated carbocycles. The zero-order chi connectivity index (χ0) is 15.1. The van der Waals surface area contributed by atoms with Gasteiger partial charge in [0.2, 0.25) is 5.91 Å². The van der Waals surface area contributed by atoms with Gasteiger partial charge in [-0.05, 0) is 24.5 Å². The summed E-state index contributed by atoms with van der Waals surface area (Å²) in [6, 6.07) is 8.05. The predicted molar refractivity (Wildman–Crippen MR) is 84.6 cm³/mol. The van der Waals surface area contributed by atoms with Crippen LogP contribution in [0.25, 0.3) is 0 Å². The maximum Gasteiger partial charge on any atom is 0.227 e. The molecule has 1 aromatic rings. The average molecular weight is 263 g/mol. The zero-order valence-electron chi connectivity index (χ0n) is 13.6. The number of hydrogen-bond acceptors (Lipinski definition) is 1. The molecule has 0 aliphatic carbocycles. The minimum atomic E-state index is 0.0794. The summed E-state index contributed by atoms with van der Waals surface area (Å²) in [6.07, 6.45) is 1.61. The lowest BCUT2D eigenvalue weighted by molar-refractivity contribution is -0.120. The summed E-state index contributed by atoms with van der Waals surface area (Å²) in [7, 11) is 1.85. The van der Waals surface area contributed by atoms with Crippen LogP contribution in [-0.4, -0.2) is 13.0 Å². The molecule has 0 aromatic heterocycles. The number of hydrogen-bond donors (Lipinski definition) is 0. The minimum Gasteiger partial charge on any atom is -0.315 e. The van der Waals surface area contributed by atoms with Gasteiger partial charge in [-0.2, -0.15) is 0 Å². The summed E-state index contributed by atoms with van der Waals surface area (Å²) in [5.74, 6) is 0.181. The van der Waals surface area contributed by atoms with Crippen molar-refractivity contribution in [3.05, 3.63) is 29.8 Å². The van der Waals surface area contributed by atoms with Crippen LogP contribution in [0.3, 0.4) is 0 Å². The third-order valence-electron chi connectivity index (χ3n) is 3.38. The van der Waals surface area contributed by atoms with Crippen molar-refractivity contribution in [2.24, 2.45) is 5.41 Å². The van der Waals surface area contributed by atoms with E-state index < -0.39 is 0 Å². The van der Waals surface area contributed by atoms with Gasteiger partial charge in [0, 0.05) is 19.2 Å². The van der Waals surface area contributed by atoms with Crippen LogP contribution in [-0.2, 0) is 4.79 Å². The molecule has 0 atom stereocenters. The Labute approximate surface area is 118 Å². The molecule has 0 heterocycles. The summed E-state index contributed by atoms with van der Waals surface area (Å²) < 4.78 is 0. The van der Waals surface area contributed by atoms with Gasteiger partial charge in [0.25, 0.3) is 0 Å². The molecule has 1 amide bonds. The summed E-state index contributed by atoms with van der Waals surface area (Å²) in [5.41, 5.74) is 2.26. The van der Waals surface area contributed by atoms with Crippen LogP contribution in [0.1, 0.15) is 53.0 Å². The van der Waals surface area contributed by atoms with E-state index in [2.05, 4.69) is 20.8 Å². The Morgan fingerprint density at radius 1 is 1.16 bits per heavy atom. The summed E-state index contributed by atoms with van der Waals surface area (Å²) in [4.78, 5) is 13.9. The van der Waals surface area contributed by atoms with E-state index in [1.165, 1.54) is 5.56 Å². The second-order valence-electron chi connectivity index (χ2n) is 5.48. The van der Waals surface area contributed by atoms with Gasteiger partial charge in [0.05, 0.1) is 0 Å². The van der Waals surface area contributed by atoms with Crippen LogP contribution >= 0.6 is 0 Å². The molecule has 0 aliphatic heterocycles. The van der Waals surface area contributed by atoms with E-state index in [1.54, 1.807) is 4.90 Å². The minimum absolute atomic E-state index is 0.0794. The van der Waals surface area contributed by atoms with Gasteiger partial charge in [-0.25, -0.2) is 0 Å². The molecule has 0 unspecified atom stereocenters. The van der Waals surface area contributed by atoms with Crippen molar-refractivity contribution in [1.82, 2.24) is 0 Å². The molecule has 1 aromatic carbocycles. The van der Waals surface area contributed by atoms with Crippen LogP contribution in [0, 0.1) is 12.3 Å². The molecule has 0 spiro atoms. The molecular formula is C17H29NO. The van der Waals surface area contributed by atoms with Crippen molar-refractivity contribution in [3.63, 3.8) is 0 Å². The summed E-state index contributed by atoms with van der Waals surface area (Å²) in [6.45, 7) is 12.4. The molecular weight excluding hydrogens is 234 g/mol. The van der Waals surface area contributed by atoms with Gasteiger partial charge in [-0.1, -0.05) is 58.7 Å². The Balaban J connectivity index is 0.00000154. The topological polar surface area (TPSA) is 20.3 Å². The zero-order valence-corrected chi connectivity index (χ0v) is 13.6. The Bertz CT molecular complexity index is 379. The van der Waals surface area contributed by atoms with E-state index in [1.807, 2.05) is 52.1 Å². The molecule has 19 heavy (non-hydrogen) atoms. The molecule has 0 radical (unpaired) electrons. The van der Waals surface area contributed by atoms with E-state index in [9.17, 15) is 4.79 Å². The van der Waals surface area contributed by atoms with E-state index in [0.29, 0.717) is 6.42 Å². The smallest absolute Gasteiger partial charge is 0.227 e. The molecule has 1 rings (SSSR count). The normalized spacial score (nSPS) is 10.5. The second kappa shape index (κ2) is 7.98. The van der Waals surface area contributed by atoms with Crippen molar-refractivity contribution in [1.29, 1.82) is 0 Å². The number of aryl methyl sites for hydroxylation is 1. The highest BCUT2D eigenvalue weighted by atomic mass is 16.2. The molecule has 0 bridgehead atoms. The fraction of sp³-hybridized carbons (Fsp3) is 0.588. The molecule has 2 nitrogen and oxygen atoms in total. The average Bonchev–Trinajstić information content (AvgIpc) is 2.40. The molecule has 108 valence electrons. The fourth-order valence-electron chi connectivity index (χ4n) is 1.57. The van der Waals surface area contributed by atoms with Crippen molar-refractivity contribution in [3.8, 4) is 0 Å². The van der Waals surface area contributed by atoms with Crippen LogP contribution in [0.2, 0.25) is 0 Å². The maximum absolute atomic E-state index is 12.1. The first kappa shape index (κ1) is 17.7. The number of carbonyl (C=O) groups is 1. The van der Waals surface area contributed by atoms with Crippen LogP contribution in [0.4, 0.5) is 5.69 Å². The Hall–Kier alpha value is -1.31. The van der Waals surface area contributed by atoms with Crippen molar-refractivity contribution in [2.45, 2.75) is 54.4 Å². The number of rotatable bonds is 4. The highest BCUT2D eigenvalue weighted by molar-refractivity contribution is 5.93. The number of amides is 1. The molecule has 0 aliphatic rings. The molecule has 2 heteroatoms. The third-order valence-corrected chi connectivity index (χ3v) is 3.38. The van der Waals surface area contributed by atoms with Crippen LogP contribution in [0.15, 0.2) is 24.3 Å². The Kier molecular flexibility index (Phi) is 7.43. The Morgan fingerprint density at radius 3 is 2.05 bits per heavy atom. The van der Waals surface area contributed by atoms with Crippen LogP contribution in [0.5, 0.6) is 0 Å². The quantitative estimate of drug-likeness (QED) is 0.763. The number of nitrogens with zero attached hydrogens (tertiary/aromatic N) is 1. The first-order chi connectivity index (χ1) is 8.85. The SMILES string of the molecule is CC.CCC(C)(C)CC(=O)N(C)c1ccc(C)cc1. The van der Waals surface area contributed by atoms with E-state index >= 15 is 0 Å². The monoisotopic (exact) mass is 263 g/mol. The van der Waals surface area contributed by atoms with Crippen LogP contribution < -0.4 is 4.90 Å². The molecule has 0 fully saturated rings. The van der Waals surface area contributed by atoms with Gasteiger partial charge in [0.1, 0.15) is 0 Å². The lowest BCUT2D eigenvalue weighted by Gasteiger charge is -2.25. The third kappa shape index (κ3) is 5.91. The first-order valence-electron chi connectivity index (χ1n) is 7.19. The van der Waals surface area contributed by atoms with Gasteiger partial charge in [0.15, 0.2) is 0 Å². The Morgan fingerprint density at radius 2 is 1.63 bits per heavy atom. The van der Waals surface area contributed by atoms with Gasteiger partial charge >= 0.3 is 0 Å². The predicted octanol–water partition coefficient (Wildman–Crippen LogP) is 4.81. The van der Waals surface area contributed by atoms with Crippen molar-refractivity contribution >= 4 is 11.6 Å². The maximum atomic E-state index is 12.1. The highest BCUT2D eigenvalue weighted by Gasteiger charge is 2.22.